The minimum Gasteiger partial charge on any atom is -0.366 e. The number of anilines is 1. The van der Waals surface area contributed by atoms with E-state index in [-0.39, 0.29) is 11.7 Å². The molecule has 0 atom stereocenters. The molecular weight excluding hydrogens is 281 g/mol. The van der Waals surface area contributed by atoms with E-state index in [1.165, 1.54) is 6.07 Å². The van der Waals surface area contributed by atoms with E-state index in [0.717, 1.165) is 17.0 Å². The van der Waals surface area contributed by atoms with Crippen LogP contribution in [0.15, 0.2) is 30.3 Å². The number of carbonyl (C=O) groups excluding carboxylic acids is 1. The lowest BCUT2D eigenvalue weighted by atomic mass is 10.2. The number of amides is 1. The first-order chi connectivity index (χ1) is 10.6. The third-order valence-electron chi connectivity index (χ3n) is 4.14. The minimum atomic E-state index is -0.209. The van der Waals surface area contributed by atoms with Crippen LogP contribution < -0.4 is 4.90 Å². The van der Waals surface area contributed by atoms with Gasteiger partial charge in [0.15, 0.2) is 0 Å². The summed E-state index contributed by atoms with van der Waals surface area (Å²) in [6, 6.07) is 8.67. The standard InChI is InChI=1S/C17H20FN3O/c1-12-11-14(13(2)19-12)17(22)21-9-7-20(8-10-21)16-6-4-3-5-15(16)18/h3-6,11,19H,7-10H2,1-2H3. The number of benzene rings is 1. The number of aromatic nitrogens is 1. The van der Waals surface area contributed by atoms with E-state index >= 15 is 0 Å². The first-order valence-corrected chi connectivity index (χ1v) is 7.51. The number of aromatic amines is 1. The molecule has 1 aliphatic rings. The average Bonchev–Trinajstić information content (AvgIpc) is 2.86. The van der Waals surface area contributed by atoms with Crippen molar-refractivity contribution >= 4 is 11.6 Å². The number of hydrogen-bond acceptors (Lipinski definition) is 2. The molecule has 1 fully saturated rings. The van der Waals surface area contributed by atoms with Crippen LogP contribution in [-0.4, -0.2) is 42.0 Å². The predicted molar refractivity (Wildman–Crippen MR) is 84.8 cm³/mol. The van der Waals surface area contributed by atoms with E-state index in [0.29, 0.717) is 31.9 Å². The zero-order valence-electron chi connectivity index (χ0n) is 12.9. The molecule has 1 aliphatic heterocycles. The van der Waals surface area contributed by atoms with Crippen LogP contribution in [0.2, 0.25) is 0 Å². The second-order valence-electron chi connectivity index (χ2n) is 5.72. The summed E-state index contributed by atoms with van der Waals surface area (Å²) in [5.74, 6) is -0.158. The molecule has 0 unspecified atom stereocenters. The molecule has 0 bridgehead atoms. The molecule has 3 rings (SSSR count). The Labute approximate surface area is 129 Å². The number of para-hydroxylation sites is 1. The number of aryl methyl sites for hydroxylation is 2. The molecule has 116 valence electrons. The fraction of sp³-hybridized carbons (Fsp3) is 0.353. The van der Waals surface area contributed by atoms with Crippen LogP contribution >= 0.6 is 0 Å². The van der Waals surface area contributed by atoms with Crippen molar-refractivity contribution in [3.8, 4) is 0 Å². The van der Waals surface area contributed by atoms with E-state index in [2.05, 4.69) is 4.98 Å². The zero-order valence-corrected chi connectivity index (χ0v) is 12.9. The van der Waals surface area contributed by atoms with Crippen LogP contribution in [-0.2, 0) is 0 Å². The van der Waals surface area contributed by atoms with Gasteiger partial charge >= 0.3 is 0 Å². The third kappa shape index (κ3) is 2.71. The van der Waals surface area contributed by atoms with E-state index in [1.807, 2.05) is 35.8 Å². The lowest BCUT2D eigenvalue weighted by Gasteiger charge is -2.36. The van der Waals surface area contributed by atoms with Crippen molar-refractivity contribution in [2.24, 2.45) is 0 Å². The fourth-order valence-corrected chi connectivity index (χ4v) is 2.98. The molecule has 0 radical (unpaired) electrons. The Bertz CT molecular complexity index is 687. The Balaban J connectivity index is 1.68. The second kappa shape index (κ2) is 5.83. The van der Waals surface area contributed by atoms with Crippen molar-refractivity contribution in [2.45, 2.75) is 13.8 Å². The highest BCUT2D eigenvalue weighted by Crippen LogP contribution is 2.21. The van der Waals surface area contributed by atoms with E-state index in [4.69, 9.17) is 0 Å². The van der Waals surface area contributed by atoms with E-state index in [1.54, 1.807) is 12.1 Å². The predicted octanol–water partition coefficient (Wildman–Crippen LogP) is 2.73. The number of nitrogens with zero attached hydrogens (tertiary/aromatic N) is 2. The Kier molecular flexibility index (Phi) is 3.88. The summed E-state index contributed by atoms with van der Waals surface area (Å²) in [6.45, 7) is 6.37. The van der Waals surface area contributed by atoms with Crippen molar-refractivity contribution in [2.75, 3.05) is 31.1 Å². The monoisotopic (exact) mass is 301 g/mol. The Morgan fingerprint density at radius 3 is 2.41 bits per heavy atom. The molecule has 4 nitrogen and oxygen atoms in total. The lowest BCUT2D eigenvalue weighted by molar-refractivity contribution is 0.0746. The number of carbonyl (C=O) groups is 1. The SMILES string of the molecule is Cc1cc(C(=O)N2CCN(c3ccccc3F)CC2)c(C)[nH]1. The summed E-state index contributed by atoms with van der Waals surface area (Å²) in [5, 5.41) is 0. The van der Waals surface area contributed by atoms with Gasteiger partial charge in [0.05, 0.1) is 11.3 Å². The van der Waals surface area contributed by atoms with Crippen molar-refractivity contribution < 1.29 is 9.18 Å². The van der Waals surface area contributed by atoms with Gasteiger partial charge in [-0.15, -0.1) is 0 Å². The summed E-state index contributed by atoms with van der Waals surface area (Å²) in [4.78, 5) is 19.6. The number of rotatable bonds is 2. The molecule has 2 aromatic rings. The van der Waals surface area contributed by atoms with Crippen molar-refractivity contribution in [1.82, 2.24) is 9.88 Å². The maximum absolute atomic E-state index is 13.8. The van der Waals surface area contributed by atoms with Crippen molar-refractivity contribution in [3.05, 3.63) is 53.1 Å². The molecule has 1 aromatic carbocycles. The highest BCUT2D eigenvalue weighted by atomic mass is 19.1. The Morgan fingerprint density at radius 1 is 1.14 bits per heavy atom. The molecular formula is C17H20FN3O. The van der Waals surface area contributed by atoms with Gasteiger partial charge in [-0.1, -0.05) is 12.1 Å². The summed E-state index contributed by atoms with van der Waals surface area (Å²) < 4.78 is 13.8. The smallest absolute Gasteiger partial charge is 0.255 e. The first kappa shape index (κ1) is 14.6. The number of halogens is 1. The maximum Gasteiger partial charge on any atom is 0.255 e. The average molecular weight is 301 g/mol. The van der Waals surface area contributed by atoms with E-state index < -0.39 is 0 Å². The van der Waals surface area contributed by atoms with Gasteiger partial charge in [-0.3, -0.25) is 4.79 Å². The molecule has 2 heterocycles. The van der Waals surface area contributed by atoms with Gasteiger partial charge in [0.25, 0.3) is 5.91 Å². The molecule has 1 N–H and O–H groups in total. The zero-order chi connectivity index (χ0) is 15.7. The highest BCUT2D eigenvalue weighted by Gasteiger charge is 2.24. The molecule has 5 heteroatoms. The summed E-state index contributed by atoms with van der Waals surface area (Å²) in [6.07, 6.45) is 0. The Hall–Kier alpha value is -2.30. The molecule has 0 aliphatic carbocycles. The third-order valence-corrected chi connectivity index (χ3v) is 4.14. The summed E-state index contributed by atoms with van der Waals surface area (Å²) in [7, 11) is 0. The molecule has 0 spiro atoms. The largest absolute Gasteiger partial charge is 0.366 e. The number of hydrogen-bond donors (Lipinski definition) is 1. The molecule has 1 amide bonds. The van der Waals surface area contributed by atoms with Crippen LogP contribution in [0.25, 0.3) is 0 Å². The van der Waals surface area contributed by atoms with E-state index in [9.17, 15) is 9.18 Å². The van der Waals surface area contributed by atoms with Crippen LogP contribution in [0, 0.1) is 19.7 Å². The Morgan fingerprint density at radius 2 is 1.82 bits per heavy atom. The fourth-order valence-electron chi connectivity index (χ4n) is 2.98. The second-order valence-corrected chi connectivity index (χ2v) is 5.72. The molecule has 22 heavy (non-hydrogen) atoms. The number of nitrogens with one attached hydrogen (secondary N) is 1. The van der Waals surface area contributed by atoms with Crippen LogP contribution in [0.4, 0.5) is 10.1 Å². The van der Waals surface area contributed by atoms with Gasteiger partial charge in [-0.25, -0.2) is 4.39 Å². The van der Waals surface area contributed by atoms with Crippen molar-refractivity contribution in [3.63, 3.8) is 0 Å². The van der Waals surface area contributed by atoms with Gasteiger partial charge in [0, 0.05) is 37.6 Å². The lowest BCUT2D eigenvalue weighted by Crippen LogP contribution is -2.49. The molecule has 1 saturated heterocycles. The van der Waals surface area contributed by atoms with Gasteiger partial charge in [0.1, 0.15) is 5.82 Å². The molecule has 0 saturated carbocycles. The molecule has 1 aromatic heterocycles. The van der Waals surface area contributed by atoms with Crippen LogP contribution in [0.3, 0.4) is 0 Å². The van der Waals surface area contributed by atoms with Gasteiger partial charge in [-0.05, 0) is 32.0 Å². The highest BCUT2D eigenvalue weighted by molar-refractivity contribution is 5.95. The quantitative estimate of drug-likeness (QED) is 0.926. The minimum absolute atomic E-state index is 0.0510. The van der Waals surface area contributed by atoms with Crippen LogP contribution in [0.1, 0.15) is 21.7 Å². The first-order valence-electron chi connectivity index (χ1n) is 7.51. The van der Waals surface area contributed by atoms with Gasteiger partial charge in [-0.2, -0.15) is 0 Å². The van der Waals surface area contributed by atoms with Gasteiger partial charge < -0.3 is 14.8 Å². The van der Waals surface area contributed by atoms with Crippen molar-refractivity contribution in [1.29, 1.82) is 0 Å². The number of H-pyrrole nitrogens is 1. The number of piperazine rings is 1. The van der Waals surface area contributed by atoms with Gasteiger partial charge in [0.2, 0.25) is 0 Å². The summed E-state index contributed by atoms with van der Waals surface area (Å²) >= 11 is 0. The summed E-state index contributed by atoms with van der Waals surface area (Å²) in [5.41, 5.74) is 3.24. The normalized spacial score (nSPS) is 15.2. The topological polar surface area (TPSA) is 39.3 Å². The van der Waals surface area contributed by atoms with Crippen LogP contribution in [0.5, 0.6) is 0 Å². The maximum atomic E-state index is 13.8.